The molecular weight excluding hydrogens is 452 g/mol. The van der Waals surface area contributed by atoms with E-state index in [2.05, 4.69) is 6.92 Å². The Hall–Kier alpha value is -0.730. The smallest absolute Gasteiger partial charge is 0.187 e. The van der Waals surface area contributed by atoms with Crippen molar-refractivity contribution in [3.05, 3.63) is 0 Å². The van der Waals surface area contributed by atoms with Crippen LogP contribution >= 0.6 is 0 Å². The van der Waals surface area contributed by atoms with E-state index in [1.165, 1.54) is 19.3 Å². The Morgan fingerprint density at radius 2 is 1.29 bits per heavy atom. The minimum atomic E-state index is -1.72. The third kappa shape index (κ3) is 7.89. The van der Waals surface area contributed by atoms with Crippen LogP contribution < -0.4 is 0 Å². The second-order valence-electron chi connectivity index (χ2n) is 9.29. The molecule has 0 aromatic carbocycles. The van der Waals surface area contributed by atoms with Crippen LogP contribution in [-0.2, 0) is 19.0 Å². The first kappa shape index (κ1) is 29.5. The van der Waals surface area contributed by atoms with Gasteiger partial charge in [0.05, 0.1) is 19.3 Å². The number of Topliss-reactive ketones (excluding diaryl/α,β-unsaturated/α-hetero) is 1. The lowest BCUT2D eigenvalue weighted by molar-refractivity contribution is -0.341. The van der Waals surface area contributed by atoms with Gasteiger partial charge in [-0.3, -0.25) is 4.79 Å². The number of ketones is 1. The molecule has 0 spiro atoms. The number of aliphatic hydroxyl groups excluding tert-OH is 7. The van der Waals surface area contributed by atoms with E-state index in [1.807, 2.05) is 0 Å². The zero-order valence-electron chi connectivity index (χ0n) is 19.8. The molecule has 200 valence electrons. The standard InChI is InChI=1S/C23H42O11/c1-2-3-4-5-6-7-8-9-13(26)10-14-17(27)20(30)22(16(12-25)32-14)34-23-21(31)19(29)18(28)15(11-24)33-23/h14-25,27-31H,2-12H2,1H3/t14-,15+,16+,17-,18+,19-,20+,21+,22+,23-/m0/s1. The summed E-state index contributed by atoms with van der Waals surface area (Å²) in [6.45, 7) is 0.875. The summed E-state index contributed by atoms with van der Waals surface area (Å²) in [5, 5.41) is 70.2. The highest BCUT2D eigenvalue weighted by atomic mass is 16.7. The average Bonchev–Trinajstić information content (AvgIpc) is 2.83. The second kappa shape index (κ2) is 14.7. The lowest BCUT2D eigenvalue weighted by atomic mass is 9.91. The van der Waals surface area contributed by atoms with Crippen LogP contribution in [0.4, 0.5) is 0 Å². The summed E-state index contributed by atoms with van der Waals surface area (Å²) in [7, 11) is 0. The Morgan fingerprint density at radius 1 is 0.706 bits per heavy atom. The molecule has 0 aliphatic carbocycles. The molecule has 0 aromatic heterocycles. The molecule has 2 saturated heterocycles. The van der Waals surface area contributed by atoms with Gasteiger partial charge in [0.2, 0.25) is 0 Å². The van der Waals surface area contributed by atoms with Crippen molar-refractivity contribution in [2.24, 2.45) is 0 Å². The fourth-order valence-electron chi connectivity index (χ4n) is 4.44. The third-order valence-electron chi connectivity index (χ3n) is 6.59. The maximum absolute atomic E-state index is 12.4. The number of unbranched alkanes of at least 4 members (excludes halogenated alkanes) is 6. The summed E-state index contributed by atoms with van der Waals surface area (Å²) in [6.07, 6.45) is -6.75. The first-order valence-corrected chi connectivity index (χ1v) is 12.3. The molecule has 2 aliphatic rings. The number of rotatable bonds is 14. The highest BCUT2D eigenvalue weighted by Crippen LogP contribution is 2.30. The number of hydrogen-bond acceptors (Lipinski definition) is 11. The summed E-state index contributed by atoms with van der Waals surface area (Å²) in [5.74, 6) is -0.116. The minimum Gasteiger partial charge on any atom is -0.394 e. The van der Waals surface area contributed by atoms with Crippen molar-refractivity contribution in [2.75, 3.05) is 13.2 Å². The first-order valence-electron chi connectivity index (χ1n) is 12.3. The molecule has 0 bridgehead atoms. The van der Waals surface area contributed by atoms with Gasteiger partial charge in [-0.05, 0) is 6.42 Å². The summed E-state index contributed by atoms with van der Waals surface area (Å²) in [4.78, 5) is 12.4. The van der Waals surface area contributed by atoms with E-state index in [0.717, 1.165) is 25.7 Å². The molecule has 0 amide bonds. The largest absolute Gasteiger partial charge is 0.394 e. The van der Waals surface area contributed by atoms with E-state index >= 15 is 0 Å². The summed E-state index contributed by atoms with van der Waals surface area (Å²) in [5.41, 5.74) is 0. The maximum Gasteiger partial charge on any atom is 0.187 e. The van der Waals surface area contributed by atoms with Gasteiger partial charge in [0.25, 0.3) is 0 Å². The molecular formula is C23H42O11. The van der Waals surface area contributed by atoms with Gasteiger partial charge in [0.15, 0.2) is 6.29 Å². The number of carbonyl (C=O) groups excluding carboxylic acids is 1. The maximum atomic E-state index is 12.4. The first-order chi connectivity index (χ1) is 16.2. The van der Waals surface area contributed by atoms with Crippen LogP contribution in [0.3, 0.4) is 0 Å². The number of aliphatic hydroxyl groups is 7. The van der Waals surface area contributed by atoms with Crippen LogP contribution in [0.2, 0.25) is 0 Å². The molecule has 10 atom stereocenters. The molecule has 11 nitrogen and oxygen atoms in total. The van der Waals surface area contributed by atoms with Gasteiger partial charge in [-0.15, -0.1) is 0 Å². The fourth-order valence-corrected chi connectivity index (χ4v) is 4.44. The van der Waals surface area contributed by atoms with Crippen LogP contribution in [0.5, 0.6) is 0 Å². The predicted molar refractivity (Wildman–Crippen MR) is 119 cm³/mol. The highest BCUT2D eigenvalue weighted by molar-refractivity contribution is 5.78. The summed E-state index contributed by atoms with van der Waals surface area (Å²) < 4.78 is 16.4. The van der Waals surface area contributed by atoms with E-state index in [-0.39, 0.29) is 12.2 Å². The number of hydrogen-bond donors (Lipinski definition) is 7. The molecule has 0 unspecified atom stereocenters. The monoisotopic (exact) mass is 494 g/mol. The molecule has 2 fully saturated rings. The van der Waals surface area contributed by atoms with Crippen molar-refractivity contribution < 1.29 is 54.8 Å². The van der Waals surface area contributed by atoms with Crippen LogP contribution in [0.1, 0.15) is 64.7 Å². The number of ether oxygens (including phenoxy) is 3. The van der Waals surface area contributed by atoms with Gasteiger partial charge in [0.1, 0.15) is 54.6 Å². The zero-order chi connectivity index (χ0) is 25.3. The average molecular weight is 495 g/mol. The van der Waals surface area contributed by atoms with E-state index in [0.29, 0.717) is 6.42 Å². The van der Waals surface area contributed by atoms with Crippen LogP contribution in [0, 0.1) is 0 Å². The van der Waals surface area contributed by atoms with Gasteiger partial charge >= 0.3 is 0 Å². The second-order valence-corrected chi connectivity index (χ2v) is 9.29. The molecule has 0 radical (unpaired) electrons. The fraction of sp³-hybridized carbons (Fsp3) is 0.957. The molecule has 0 aromatic rings. The van der Waals surface area contributed by atoms with Crippen LogP contribution in [0.15, 0.2) is 0 Å². The van der Waals surface area contributed by atoms with Gasteiger partial charge in [0, 0.05) is 12.8 Å². The molecule has 2 heterocycles. The van der Waals surface area contributed by atoms with Crippen molar-refractivity contribution in [3.63, 3.8) is 0 Å². The highest BCUT2D eigenvalue weighted by Gasteiger charge is 2.50. The van der Waals surface area contributed by atoms with Crippen molar-refractivity contribution in [3.8, 4) is 0 Å². The molecule has 2 aliphatic heterocycles. The van der Waals surface area contributed by atoms with Crippen molar-refractivity contribution in [2.45, 2.75) is 126 Å². The van der Waals surface area contributed by atoms with Crippen molar-refractivity contribution in [1.29, 1.82) is 0 Å². The van der Waals surface area contributed by atoms with Crippen LogP contribution in [-0.4, -0.2) is 116 Å². The SMILES string of the molecule is CCCCCCCCCC(=O)C[C@@H]1O[C@H](CO)[C@@H](O[C@@H]2O[C@H](CO)[C@@H](O)[C@H](O)[C@H]2O)[C@H](O)[C@H]1O. The third-order valence-corrected chi connectivity index (χ3v) is 6.59. The van der Waals surface area contributed by atoms with E-state index in [4.69, 9.17) is 14.2 Å². The Morgan fingerprint density at radius 3 is 1.91 bits per heavy atom. The Balaban J connectivity index is 1.88. The summed E-state index contributed by atoms with van der Waals surface area (Å²) >= 11 is 0. The molecule has 11 heteroatoms. The minimum absolute atomic E-state index is 0.116. The van der Waals surface area contributed by atoms with Gasteiger partial charge in [-0.1, -0.05) is 45.4 Å². The molecule has 0 saturated carbocycles. The molecule has 34 heavy (non-hydrogen) atoms. The Bertz CT molecular complexity index is 587. The normalized spacial score (nSPS) is 38.7. The van der Waals surface area contributed by atoms with Gasteiger partial charge < -0.3 is 50.0 Å². The quantitative estimate of drug-likeness (QED) is 0.143. The topological polar surface area (TPSA) is 186 Å². The lowest BCUT2D eigenvalue weighted by Crippen LogP contribution is -2.64. The van der Waals surface area contributed by atoms with Crippen molar-refractivity contribution >= 4 is 5.78 Å². The predicted octanol–water partition coefficient (Wildman–Crippen LogP) is -1.25. The number of carbonyl (C=O) groups is 1. The zero-order valence-corrected chi connectivity index (χ0v) is 19.8. The van der Waals surface area contributed by atoms with E-state index in [1.54, 1.807) is 0 Å². The van der Waals surface area contributed by atoms with Gasteiger partial charge in [-0.2, -0.15) is 0 Å². The van der Waals surface area contributed by atoms with Gasteiger partial charge in [-0.25, -0.2) is 0 Å². The Labute approximate surface area is 200 Å². The van der Waals surface area contributed by atoms with E-state index < -0.39 is 74.4 Å². The van der Waals surface area contributed by atoms with E-state index in [9.17, 15) is 40.5 Å². The summed E-state index contributed by atoms with van der Waals surface area (Å²) in [6, 6.07) is 0. The Kier molecular flexibility index (Phi) is 12.8. The lowest BCUT2D eigenvalue weighted by Gasteiger charge is -2.46. The van der Waals surface area contributed by atoms with Crippen molar-refractivity contribution in [1.82, 2.24) is 0 Å². The molecule has 2 rings (SSSR count). The van der Waals surface area contributed by atoms with Crippen LogP contribution in [0.25, 0.3) is 0 Å². The molecule has 7 N–H and O–H groups in total.